The molecule has 1 aliphatic heterocycles. The van der Waals surface area contributed by atoms with Crippen molar-refractivity contribution >= 4 is 5.97 Å². The SMILES string of the molecule is CCC(=O)O.CCC1CO1. The van der Waals surface area contributed by atoms with Crippen LogP contribution in [0.1, 0.15) is 26.7 Å². The molecule has 1 aliphatic rings. The molecule has 0 spiro atoms. The summed E-state index contributed by atoms with van der Waals surface area (Å²) in [4.78, 5) is 9.37. The Balaban J connectivity index is 0.000000162. The molecular weight excluding hydrogens is 132 g/mol. The molecule has 1 rings (SSSR count). The van der Waals surface area contributed by atoms with E-state index in [1.807, 2.05) is 0 Å². The van der Waals surface area contributed by atoms with Crippen molar-refractivity contribution in [2.45, 2.75) is 32.8 Å². The highest BCUT2D eigenvalue weighted by atomic mass is 16.6. The van der Waals surface area contributed by atoms with Crippen molar-refractivity contribution in [3.63, 3.8) is 0 Å². The van der Waals surface area contributed by atoms with Crippen LogP contribution in [-0.4, -0.2) is 23.8 Å². The molecule has 1 saturated heterocycles. The first kappa shape index (κ1) is 9.43. The molecule has 0 aliphatic carbocycles. The van der Waals surface area contributed by atoms with E-state index >= 15 is 0 Å². The Bertz CT molecular complexity index is 97.0. The molecule has 1 N–H and O–H groups in total. The van der Waals surface area contributed by atoms with E-state index in [-0.39, 0.29) is 6.42 Å². The number of rotatable bonds is 2. The van der Waals surface area contributed by atoms with Gasteiger partial charge in [-0.2, -0.15) is 0 Å². The molecule has 0 aromatic heterocycles. The van der Waals surface area contributed by atoms with Crippen LogP contribution in [-0.2, 0) is 9.53 Å². The number of aliphatic carboxylic acids is 1. The van der Waals surface area contributed by atoms with Crippen molar-refractivity contribution in [1.82, 2.24) is 0 Å². The molecule has 1 atom stereocenters. The fourth-order valence-electron chi connectivity index (χ4n) is 0.304. The second kappa shape index (κ2) is 5.23. The summed E-state index contributed by atoms with van der Waals surface area (Å²) in [7, 11) is 0. The van der Waals surface area contributed by atoms with Crippen LogP contribution in [0.5, 0.6) is 0 Å². The highest BCUT2D eigenvalue weighted by molar-refractivity contribution is 5.66. The summed E-state index contributed by atoms with van der Waals surface area (Å²) in [6.07, 6.45) is 2.05. The summed E-state index contributed by atoms with van der Waals surface area (Å²) in [5.41, 5.74) is 0. The molecule has 0 bridgehead atoms. The summed E-state index contributed by atoms with van der Waals surface area (Å²) in [6.45, 7) is 4.75. The zero-order valence-electron chi connectivity index (χ0n) is 6.46. The lowest BCUT2D eigenvalue weighted by Gasteiger charge is -1.71. The summed E-state index contributed by atoms with van der Waals surface area (Å²) in [5.74, 6) is -0.745. The van der Waals surface area contributed by atoms with Crippen LogP contribution in [0, 0.1) is 0 Å². The van der Waals surface area contributed by atoms with E-state index in [1.54, 1.807) is 6.92 Å². The van der Waals surface area contributed by atoms with E-state index in [2.05, 4.69) is 6.92 Å². The molecule has 3 heteroatoms. The van der Waals surface area contributed by atoms with Gasteiger partial charge >= 0.3 is 5.97 Å². The van der Waals surface area contributed by atoms with Crippen LogP contribution >= 0.6 is 0 Å². The summed E-state index contributed by atoms with van der Waals surface area (Å²) in [5, 5.41) is 7.72. The number of carboxylic acid groups (broad SMARTS) is 1. The predicted octanol–water partition coefficient (Wildman–Crippen LogP) is 1.28. The number of carboxylic acids is 1. The highest BCUT2D eigenvalue weighted by Gasteiger charge is 2.18. The highest BCUT2D eigenvalue weighted by Crippen LogP contribution is 2.10. The van der Waals surface area contributed by atoms with Crippen LogP contribution < -0.4 is 0 Å². The Labute approximate surface area is 61.0 Å². The minimum Gasteiger partial charge on any atom is -0.481 e. The number of hydrogen-bond donors (Lipinski definition) is 1. The zero-order chi connectivity index (χ0) is 7.98. The minimum atomic E-state index is -0.745. The Hall–Kier alpha value is -0.570. The molecule has 10 heavy (non-hydrogen) atoms. The summed E-state index contributed by atoms with van der Waals surface area (Å²) >= 11 is 0. The first-order chi connectivity index (χ1) is 4.70. The fourth-order valence-corrected chi connectivity index (χ4v) is 0.304. The van der Waals surface area contributed by atoms with Crippen LogP contribution in [0.4, 0.5) is 0 Å². The largest absolute Gasteiger partial charge is 0.481 e. The van der Waals surface area contributed by atoms with Crippen LogP contribution in [0.2, 0.25) is 0 Å². The van der Waals surface area contributed by atoms with Crippen molar-refractivity contribution in [3.05, 3.63) is 0 Å². The van der Waals surface area contributed by atoms with Gasteiger partial charge in [0.05, 0.1) is 12.7 Å². The van der Waals surface area contributed by atoms with Gasteiger partial charge in [-0.05, 0) is 6.42 Å². The second-order valence-electron chi connectivity index (χ2n) is 2.11. The third kappa shape index (κ3) is 7.43. The number of carbonyl (C=O) groups is 1. The first-order valence-corrected chi connectivity index (χ1v) is 3.54. The van der Waals surface area contributed by atoms with E-state index in [9.17, 15) is 4.79 Å². The average Bonchev–Trinajstić information content (AvgIpc) is 2.70. The van der Waals surface area contributed by atoms with Gasteiger partial charge in [0.2, 0.25) is 0 Å². The molecule has 1 fully saturated rings. The van der Waals surface area contributed by atoms with Gasteiger partial charge in [0.25, 0.3) is 0 Å². The van der Waals surface area contributed by atoms with E-state index in [1.165, 1.54) is 6.42 Å². The average molecular weight is 146 g/mol. The van der Waals surface area contributed by atoms with Crippen molar-refractivity contribution in [2.24, 2.45) is 0 Å². The van der Waals surface area contributed by atoms with Gasteiger partial charge in [-0.1, -0.05) is 13.8 Å². The molecule has 0 saturated carbocycles. The number of hydrogen-bond acceptors (Lipinski definition) is 2. The lowest BCUT2D eigenvalue weighted by atomic mass is 10.4. The Morgan fingerprint density at radius 2 is 2.10 bits per heavy atom. The van der Waals surface area contributed by atoms with Gasteiger partial charge in [0.1, 0.15) is 0 Å². The van der Waals surface area contributed by atoms with Gasteiger partial charge in [0.15, 0.2) is 0 Å². The van der Waals surface area contributed by atoms with E-state index in [4.69, 9.17) is 9.84 Å². The number of epoxide rings is 1. The molecule has 1 unspecified atom stereocenters. The predicted molar refractivity (Wildman–Crippen MR) is 38.0 cm³/mol. The molecule has 60 valence electrons. The molecule has 1 heterocycles. The maximum Gasteiger partial charge on any atom is 0.303 e. The maximum atomic E-state index is 9.37. The molecule has 0 aromatic rings. The van der Waals surface area contributed by atoms with Crippen molar-refractivity contribution < 1.29 is 14.6 Å². The first-order valence-electron chi connectivity index (χ1n) is 3.54. The van der Waals surface area contributed by atoms with Gasteiger partial charge in [-0.3, -0.25) is 4.79 Å². The molecule has 0 radical (unpaired) electrons. The topological polar surface area (TPSA) is 49.8 Å². The maximum absolute atomic E-state index is 9.37. The Morgan fingerprint density at radius 3 is 2.10 bits per heavy atom. The zero-order valence-corrected chi connectivity index (χ0v) is 6.46. The third-order valence-corrected chi connectivity index (χ3v) is 1.16. The quantitative estimate of drug-likeness (QED) is 0.597. The molecule has 3 nitrogen and oxygen atoms in total. The van der Waals surface area contributed by atoms with Crippen LogP contribution in [0.15, 0.2) is 0 Å². The van der Waals surface area contributed by atoms with Crippen molar-refractivity contribution in [1.29, 1.82) is 0 Å². The smallest absolute Gasteiger partial charge is 0.303 e. The summed E-state index contributed by atoms with van der Waals surface area (Å²) < 4.78 is 4.86. The number of ether oxygens (including phenoxy) is 1. The lowest BCUT2D eigenvalue weighted by Crippen LogP contribution is -1.86. The van der Waals surface area contributed by atoms with Crippen LogP contribution in [0.3, 0.4) is 0 Å². The van der Waals surface area contributed by atoms with E-state index in [0.717, 1.165) is 6.61 Å². The third-order valence-electron chi connectivity index (χ3n) is 1.16. The molecule has 0 aromatic carbocycles. The fraction of sp³-hybridized carbons (Fsp3) is 0.857. The molecule has 0 amide bonds. The standard InChI is InChI=1S/C4H8O.C3H6O2/c1-2-4-3-5-4;1-2-3(4)5/h4H,2-3H2,1H3;2H2,1H3,(H,4,5). The monoisotopic (exact) mass is 146 g/mol. The molecular formula is C7H14O3. The van der Waals surface area contributed by atoms with Crippen molar-refractivity contribution in [3.8, 4) is 0 Å². The normalized spacial score (nSPS) is 20.8. The van der Waals surface area contributed by atoms with Gasteiger partial charge < -0.3 is 9.84 Å². The van der Waals surface area contributed by atoms with Crippen molar-refractivity contribution in [2.75, 3.05) is 6.61 Å². The van der Waals surface area contributed by atoms with Gasteiger partial charge in [0, 0.05) is 6.42 Å². The minimum absolute atomic E-state index is 0.222. The second-order valence-corrected chi connectivity index (χ2v) is 2.11. The Morgan fingerprint density at radius 1 is 1.70 bits per heavy atom. The van der Waals surface area contributed by atoms with E-state index < -0.39 is 5.97 Å². The van der Waals surface area contributed by atoms with Crippen LogP contribution in [0.25, 0.3) is 0 Å². The van der Waals surface area contributed by atoms with E-state index in [0.29, 0.717) is 6.10 Å². The lowest BCUT2D eigenvalue weighted by molar-refractivity contribution is -0.136. The summed E-state index contributed by atoms with van der Waals surface area (Å²) in [6, 6.07) is 0. The Kier molecular flexibility index (Phi) is 4.94. The van der Waals surface area contributed by atoms with Gasteiger partial charge in [-0.25, -0.2) is 0 Å². The van der Waals surface area contributed by atoms with Gasteiger partial charge in [-0.15, -0.1) is 0 Å².